The van der Waals surface area contributed by atoms with Gasteiger partial charge in [0.1, 0.15) is 11.0 Å². The number of amides is 1. The van der Waals surface area contributed by atoms with Crippen molar-refractivity contribution in [2.45, 2.75) is 57.8 Å². The third kappa shape index (κ3) is 3.34. The number of esters is 1. The van der Waals surface area contributed by atoms with Gasteiger partial charge in [0.05, 0.1) is 0 Å². The van der Waals surface area contributed by atoms with Crippen LogP contribution in [0.3, 0.4) is 0 Å². The van der Waals surface area contributed by atoms with Crippen LogP contribution in [0.1, 0.15) is 45.6 Å². The second-order valence-electron chi connectivity index (χ2n) is 8.66. The quantitative estimate of drug-likeness (QED) is 0.764. The highest BCUT2D eigenvalue weighted by molar-refractivity contribution is 6.34. The molecule has 148 valence electrons. The van der Waals surface area contributed by atoms with Crippen LogP contribution in [0.4, 0.5) is 0 Å². The first-order valence-electron chi connectivity index (χ1n) is 9.06. The van der Waals surface area contributed by atoms with E-state index in [1.807, 2.05) is 0 Å². The Labute approximate surface area is 169 Å². The van der Waals surface area contributed by atoms with Gasteiger partial charge in [0.15, 0.2) is 5.72 Å². The summed E-state index contributed by atoms with van der Waals surface area (Å²) in [5.41, 5.74) is -2.69. The second kappa shape index (κ2) is 6.64. The third-order valence-corrected chi connectivity index (χ3v) is 6.16. The summed E-state index contributed by atoms with van der Waals surface area (Å²) in [6.45, 7) is 5.34. The normalized spacial score (nSPS) is 30.6. The van der Waals surface area contributed by atoms with Crippen molar-refractivity contribution in [3.63, 3.8) is 0 Å². The molecule has 3 atom stereocenters. The van der Waals surface area contributed by atoms with E-state index in [0.717, 1.165) is 5.56 Å². The van der Waals surface area contributed by atoms with Gasteiger partial charge < -0.3 is 14.7 Å². The molecule has 7 heteroatoms. The number of nitrogens with zero attached hydrogens (tertiary/aromatic N) is 1. The lowest BCUT2D eigenvalue weighted by Crippen LogP contribution is -2.58. The molecule has 3 rings (SSSR count). The Hall–Kier alpha value is -1.30. The molecular weight excluding hydrogens is 389 g/mol. The van der Waals surface area contributed by atoms with Crippen LogP contribution in [0.25, 0.3) is 0 Å². The van der Waals surface area contributed by atoms with Crippen molar-refractivity contribution >= 4 is 35.1 Å². The Morgan fingerprint density at radius 1 is 1.30 bits per heavy atom. The zero-order valence-electron chi connectivity index (χ0n) is 16.0. The number of carbonyl (C=O) groups is 2. The number of fused-ring (bicyclic) bond motifs is 1. The Morgan fingerprint density at radius 3 is 2.44 bits per heavy atom. The SMILES string of the molecule is CN1C(=O)C[C@@]2(C(=O)OC(C)(C)C)CC[C@@H](Cc3cc(Cl)cc(Cl)c3)[C@@]12O. The molecule has 2 fully saturated rings. The van der Waals surface area contributed by atoms with Crippen LogP contribution in [0, 0.1) is 11.3 Å². The van der Waals surface area contributed by atoms with Crippen molar-refractivity contribution < 1.29 is 19.4 Å². The lowest BCUT2D eigenvalue weighted by atomic mass is 9.76. The Morgan fingerprint density at radius 2 is 1.89 bits per heavy atom. The van der Waals surface area contributed by atoms with E-state index in [1.165, 1.54) is 4.90 Å². The van der Waals surface area contributed by atoms with E-state index in [-0.39, 0.29) is 18.2 Å². The number of halogens is 2. The van der Waals surface area contributed by atoms with Crippen LogP contribution in [0.5, 0.6) is 0 Å². The highest BCUT2D eigenvalue weighted by Crippen LogP contribution is 2.59. The molecule has 1 amide bonds. The summed E-state index contributed by atoms with van der Waals surface area (Å²) < 4.78 is 5.60. The molecule has 1 N–H and O–H groups in total. The number of benzene rings is 1. The molecule has 5 nitrogen and oxygen atoms in total. The molecule has 1 aliphatic heterocycles. The lowest BCUT2D eigenvalue weighted by Gasteiger charge is -2.42. The molecule has 1 aromatic rings. The van der Waals surface area contributed by atoms with E-state index in [0.29, 0.717) is 29.3 Å². The maximum atomic E-state index is 13.1. The van der Waals surface area contributed by atoms with E-state index < -0.39 is 22.7 Å². The van der Waals surface area contributed by atoms with Crippen molar-refractivity contribution in [3.05, 3.63) is 33.8 Å². The van der Waals surface area contributed by atoms with Gasteiger partial charge in [-0.05, 0) is 63.8 Å². The van der Waals surface area contributed by atoms with Gasteiger partial charge >= 0.3 is 5.97 Å². The molecule has 1 heterocycles. The second-order valence-corrected chi connectivity index (χ2v) is 9.53. The molecule has 0 aromatic heterocycles. The Kier molecular flexibility index (Phi) is 5.03. The van der Waals surface area contributed by atoms with Gasteiger partial charge in [-0.1, -0.05) is 23.2 Å². The molecular formula is C20H25Cl2NO4. The summed E-state index contributed by atoms with van der Waals surface area (Å²) in [6, 6.07) is 5.23. The topological polar surface area (TPSA) is 66.8 Å². The number of hydrogen-bond donors (Lipinski definition) is 1. The summed E-state index contributed by atoms with van der Waals surface area (Å²) in [4.78, 5) is 26.9. The van der Waals surface area contributed by atoms with Gasteiger partial charge in [0, 0.05) is 29.4 Å². The molecule has 27 heavy (non-hydrogen) atoms. The summed E-state index contributed by atoms with van der Waals surface area (Å²) in [5.74, 6) is -1.09. The number of likely N-dealkylation sites (tertiary alicyclic amines) is 1. The third-order valence-electron chi connectivity index (χ3n) is 5.73. The summed E-state index contributed by atoms with van der Waals surface area (Å²) in [6.07, 6.45) is 1.41. The van der Waals surface area contributed by atoms with Crippen molar-refractivity contribution in [2.24, 2.45) is 11.3 Å². The average Bonchev–Trinajstić information content (AvgIpc) is 2.89. The van der Waals surface area contributed by atoms with Gasteiger partial charge in [-0.2, -0.15) is 0 Å². The molecule has 1 saturated carbocycles. The maximum Gasteiger partial charge on any atom is 0.318 e. The number of hydrogen-bond acceptors (Lipinski definition) is 4. The fraction of sp³-hybridized carbons (Fsp3) is 0.600. The van der Waals surface area contributed by atoms with Gasteiger partial charge in [0.25, 0.3) is 0 Å². The van der Waals surface area contributed by atoms with Gasteiger partial charge in [-0.15, -0.1) is 0 Å². The van der Waals surface area contributed by atoms with E-state index in [4.69, 9.17) is 27.9 Å². The van der Waals surface area contributed by atoms with Crippen LogP contribution in [0.15, 0.2) is 18.2 Å². The lowest BCUT2D eigenvalue weighted by molar-refractivity contribution is -0.199. The number of ether oxygens (including phenoxy) is 1. The monoisotopic (exact) mass is 413 g/mol. The van der Waals surface area contributed by atoms with Crippen LogP contribution in [-0.2, 0) is 20.7 Å². The maximum absolute atomic E-state index is 13.1. The summed E-state index contributed by atoms with van der Waals surface area (Å²) in [5, 5.41) is 12.7. The van der Waals surface area contributed by atoms with Gasteiger partial charge in [0.2, 0.25) is 5.91 Å². The first-order valence-corrected chi connectivity index (χ1v) is 9.82. The smallest absolute Gasteiger partial charge is 0.318 e. The predicted molar refractivity (Wildman–Crippen MR) is 104 cm³/mol. The molecule has 1 saturated heterocycles. The number of aliphatic hydroxyl groups is 1. The predicted octanol–water partition coefficient (Wildman–Crippen LogP) is 3.82. The van der Waals surface area contributed by atoms with Crippen molar-refractivity contribution in [3.8, 4) is 0 Å². The van der Waals surface area contributed by atoms with E-state index in [9.17, 15) is 14.7 Å². The highest BCUT2D eigenvalue weighted by Gasteiger charge is 2.72. The minimum atomic E-state index is -1.60. The van der Waals surface area contributed by atoms with E-state index >= 15 is 0 Å². The standard InChI is InChI=1S/C20H25Cl2NO4/c1-18(2,3)27-17(25)19-6-5-13(20(19,26)23(4)16(24)11-19)7-12-8-14(21)10-15(22)9-12/h8-10,13,26H,5-7,11H2,1-4H3/t13-,19+,20-/m0/s1. The van der Waals surface area contributed by atoms with Gasteiger partial charge in [-0.3, -0.25) is 9.59 Å². The largest absolute Gasteiger partial charge is 0.459 e. The van der Waals surface area contributed by atoms with E-state index in [1.54, 1.807) is 46.0 Å². The van der Waals surface area contributed by atoms with Crippen LogP contribution in [-0.4, -0.2) is 40.3 Å². The number of rotatable bonds is 3. The van der Waals surface area contributed by atoms with Gasteiger partial charge in [-0.25, -0.2) is 0 Å². The van der Waals surface area contributed by atoms with E-state index in [2.05, 4.69) is 0 Å². The summed E-state index contributed by atoms with van der Waals surface area (Å²) in [7, 11) is 1.55. The first kappa shape index (κ1) is 20.4. The van der Waals surface area contributed by atoms with Crippen molar-refractivity contribution in [2.75, 3.05) is 7.05 Å². The van der Waals surface area contributed by atoms with Crippen LogP contribution < -0.4 is 0 Å². The fourth-order valence-electron chi connectivity index (χ4n) is 4.53. The minimum Gasteiger partial charge on any atom is -0.459 e. The zero-order chi connectivity index (χ0) is 20.2. The molecule has 0 bridgehead atoms. The molecule has 0 unspecified atom stereocenters. The molecule has 2 aliphatic rings. The zero-order valence-corrected chi connectivity index (χ0v) is 17.5. The Bertz CT molecular complexity index is 770. The molecule has 0 radical (unpaired) electrons. The van der Waals surface area contributed by atoms with Crippen LogP contribution >= 0.6 is 23.2 Å². The molecule has 1 aliphatic carbocycles. The number of carbonyl (C=O) groups excluding carboxylic acids is 2. The van der Waals surface area contributed by atoms with Crippen molar-refractivity contribution in [1.29, 1.82) is 0 Å². The Balaban J connectivity index is 1.97. The molecule has 0 spiro atoms. The van der Waals surface area contributed by atoms with Crippen molar-refractivity contribution in [1.82, 2.24) is 4.90 Å². The highest BCUT2D eigenvalue weighted by atomic mass is 35.5. The average molecular weight is 414 g/mol. The van der Waals surface area contributed by atoms with Crippen LogP contribution in [0.2, 0.25) is 10.0 Å². The summed E-state index contributed by atoms with van der Waals surface area (Å²) >= 11 is 12.2. The fourth-order valence-corrected chi connectivity index (χ4v) is 5.11. The minimum absolute atomic E-state index is 0.0400. The first-order chi connectivity index (χ1) is 12.4. The molecule has 1 aromatic carbocycles.